The number of hydrogen-bond acceptors (Lipinski definition) is 3. The zero-order valence-corrected chi connectivity index (χ0v) is 6.70. The van der Waals surface area contributed by atoms with E-state index in [1.165, 1.54) is 0 Å². The molecule has 0 fully saturated rings. The first-order valence-corrected chi connectivity index (χ1v) is 3.38. The number of aliphatic imine (C=N–C) groups is 1. The minimum atomic E-state index is 0.676. The van der Waals surface area contributed by atoms with Crippen LogP contribution in [0.4, 0.5) is 5.69 Å². The lowest BCUT2D eigenvalue weighted by Crippen LogP contribution is -1.97. The Bertz CT molecular complexity index is 258. The lowest BCUT2D eigenvalue weighted by molar-refractivity contribution is 1.26. The Balaban J connectivity index is 3.20. The second-order valence-corrected chi connectivity index (χ2v) is 2.35. The van der Waals surface area contributed by atoms with E-state index >= 15 is 0 Å². The molecule has 0 amide bonds. The summed E-state index contributed by atoms with van der Waals surface area (Å²) in [5, 5.41) is 0. The van der Waals surface area contributed by atoms with E-state index in [1.807, 2.05) is 6.92 Å². The molecule has 1 heterocycles. The fraction of sp³-hybridized carbons (Fsp3) is 0.250. The van der Waals surface area contributed by atoms with Gasteiger partial charge in [-0.15, -0.1) is 0 Å². The maximum Gasteiger partial charge on any atom is 0.0592 e. The molecule has 3 nitrogen and oxygen atoms in total. The number of rotatable bonds is 1. The van der Waals surface area contributed by atoms with Gasteiger partial charge in [-0.2, -0.15) is 0 Å². The molecule has 0 aliphatic carbocycles. The fourth-order valence-corrected chi connectivity index (χ4v) is 0.902. The van der Waals surface area contributed by atoms with Crippen LogP contribution in [-0.2, 0) is 0 Å². The van der Waals surface area contributed by atoms with Crippen molar-refractivity contribution in [1.29, 1.82) is 0 Å². The normalized spacial score (nSPS) is 10.7. The van der Waals surface area contributed by atoms with Gasteiger partial charge in [-0.1, -0.05) is 0 Å². The average molecular weight is 149 g/mol. The zero-order valence-electron chi connectivity index (χ0n) is 6.70. The highest BCUT2D eigenvalue weighted by Crippen LogP contribution is 2.10. The molecule has 0 spiro atoms. The third-order valence-corrected chi connectivity index (χ3v) is 1.48. The number of anilines is 1. The van der Waals surface area contributed by atoms with Crippen LogP contribution in [0.1, 0.15) is 11.1 Å². The molecule has 1 aromatic heterocycles. The van der Waals surface area contributed by atoms with Crippen LogP contribution in [0.2, 0.25) is 0 Å². The van der Waals surface area contributed by atoms with Crippen LogP contribution >= 0.6 is 0 Å². The van der Waals surface area contributed by atoms with Crippen molar-refractivity contribution >= 4 is 11.9 Å². The summed E-state index contributed by atoms with van der Waals surface area (Å²) in [6.45, 7) is 1.96. The van der Waals surface area contributed by atoms with Crippen molar-refractivity contribution in [2.75, 3.05) is 12.8 Å². The maximum absolute atomic E-state index is 5.65. The van der Waals surface area contributed by atoms with Gasteiger partial charge in [-0.25, -0.2) is 0 Å². The Morgan fingerprint density at radius 3 is 2.82 bits per heavy atom. The Hall–Kier alpha value is -1.38. The van der Waals surface area contributed by atoms with Crippen LogP contribution < -0.4 is 5.73 Å². The molecule has 0 unspecified atom stereocenters. The van der Waals surface area contributed by atoms with E-state index in [0.717, 1.165) is 11.1 Å². The molecule has 0 aliphatic rings. The van der Waals surface area contributed by atoms with Crippen LogP contribution in [0.25, 0.3) is 0 Å². The molecule has 0 saturated heterocycles. The Labute approximate surface area is 66.0 Å². The smallest absolute Gasteiger partial charge is 0.0592 e. The van der Waals surface area contributed by atoms with Crippen molar-refractivity contribution in [2.45, 2.75) is 6.92 Å². The summed E-state index contributed by atoms with van der Waals surface area (Å²) >= 11 is 0. The molecule has 0 radical (unpaired) electrons. The molecule has 58 valence electrons. The highest BCUT2D eigenvalue weighted by Gasteiger charge is 1.98. The van der Waals surface area contributed by atoms with Crippen molar-refractivity contribution in [3.63, 3.8) is 0 Å². The molecule has 2 N–H and O–H groups in total. The molecule has 1 rings (SSSR count). The maximum atomic E-state index is 5.65. The summed E-state index contributed by atoms with van der Waals surface area (Å²) in [6, 6.07) is 0. The molecule has 0 aromatic carbocycles. The molecule has 3 heteroatoms. The molecule has 11 heavy (non-hydrogen) atoms. The van der Waals surface area contributed by atoms with Gasteiger partial charge in [0, 0.05) is 25.0 Å². The van der Waals surface area contributed by atoms with Gasteiger partial charge in [0.2, 0.25) is 0 Å². The molecule has 0 atom stereocenters. The summed E-state index contributed by atoms with van der Waals surface area (Å²) in [4.78, 5) is 7.83. The highest BCUT2D eigenvalue weighted by molar-refractivity contribution is 5.88. The second-order valence-electron chi connectivity index (χ2n) is 2.35. The van der Waals surface area contributed by atoms with E-state index in [4.69, 9.17) is 5.73 Å². The summed E-state index contributed by atoms with van der Waals surface area (Å²) in [6.07, 6.45) is 5.14. The average Bonchev–Trinajstić information content (AvgIpc) is 1.97. The van der Waals surface area contributed by atoms with E-state index in [2.05, 4.69) is 9.98 Å². The molecular formula is C8H11N3. The summed E-state index contributed by atoms with van der Waals surface area (Å²) in [5.74, 6) is 0. The van der Waals surface area contributed by atoms with Crippen LogP contribution in [0.15, 0.2) is 17.4 Å². The van der Waals surface area contributed by atoms with Crippen molar-refractivity contribution < 1.29 is 0 Å². The number of nitrogens with zero attached hydrogens (tertiary/aromatic N) is 2. The molecular weight excluding hydrogens is 138 g/mol. The largest absolute Gasteiger partial charge is 0.397 e. The Morgan fingerprint density at radius 2 is 2.27 bits per heavy atom. The van der Waals surface area contributed by atoms with Gasteiger partial charge >= 0.3 is 0 Å². The number of aromatic nitrogens is 1. The number of aryl methyl sites for hydroxylation is 1. The summed E-state index contributed by atoms with van der Waals surface area (Å²) in [7, 11) is 1.72. The number of hydrogen-bond donors (Lipinski definition) is 1. The second kappa shape index (κ2) is 3.14. The number of nitrogen functional groups attached to an aromatic ring is 1. The van der Waals surface area contributed by atoms with E-state index in [-0.39, 0.29) is 0 Å². The molecule has 0 aliphatic heterocycles. The SMILES string of the molecule is CN=Cc1c(C)cncc1N. The van der Waals surface area contributed by atoms with Gasteiger partial charge < -0.3 is 5.73 Å². The van der Waals surface area contributed by atoms with E-state index in [1.54, 1.807) is 25.7 Å². The molecule has 0 saturated carbocycles. The van der Waals surface area contributed by atoms with Crippen LogP contribution in [-0.4, -0.2) is 18.2 Å². The predicted octanol–water partition coefficient (Wildman–Crippen LogP) is 1.02. The minimum absolute atomic E-state index is 0.676. The molecule has 0 bridgehead atoms. The quantitative estimate of drug-likeness (QED) is 0.606. The number of nitrogens with two attached hydrogens (primary N) is 1. The van der Waals surface area contributed by atoms with Crippen LogP contribution in [0, 0.1) is 6.92 Å². The Kier molecular flexibility index (Phi) is 2.21. The lowest BCUT2D eigenvalue weighted by atomic mass is 10.1. The van der Waals surface area contributed by atoms with E-state index in [0.29, 0.717) is 5.69 Å². The van der Waals surface area contributed by atoms with Gasteiger partial charge in [-0.3, -0.25) is 9.98 Å². The monoisotopic (exact) mass is 149 g/mol. The predicted molar refractivity (Wildman–Crippen MR) is 46.9 cm³/mol. The standard InChI is InChI=1S/C8H11N3/c1-6-3-11-5-8(9)7(6)4-10-2/h3-5H,9H2,1-2H3. The third-order valence-electron chi connectivity index (χ3n) is 1.48. The van der Waals surface area contributed by atoms with Gasteiger partial charge in [0.05, 0.1) is 11.9 Å². The van der Waals surface area contributed by atoms with E-state index in [9.17, 15) is 0 Å². The van der Waals surface area contributed by atoms with Gasteiger partial charge in [0.15, 0.2) is 0 Å². The first-order chi connectivity index (χ1) is 5.25. The van der Waals surface area contributed by atoms with Gasteiger partial charge in [-0.05, 0) is 12.5 Å². The Morgan fingerprint density at radius 1 is 1.55 bits per heavy atom. The third kappa shape index (κ3) is 1.55. The fourth-order valence-electron chi connectivity index (χ4n) is 0.902. The van der Waals surface area contributed by atoms with Crippen molar-refractivity contribution in [1.82, 2.24) is 4.98 Å². The lowest BCUT2D eigenvalue weighted by Gasteiger charge is -2.01. The highest BCUT2D eigenvalue weighted by atomic mass is 14.7. The van der Waals surface area contributed by atoms with Gasteiger partial charge in [0.1, 0.15) is 0 Å². The van der Waals surface area contributed by atoms with E-state index < -0.39 is 0 Å². The minimum Gasteiger partial charge on any atom is -0.397 e. The first kappa shape index (κ1) is 7.72. The van der Waals surface area contributed by atoms with Crippen molar-refractivity contribution in [3.8, 4) is 0 Å². The van der Waals surface area contributed by atoms with Crippen LogP contribution in [0.5, 0.6) is 0 Å². The van der Waals surface area contributed by atoms with Gasteiger partial charge in [0.25, 0.3) is 0 Å². The van der Waals surface area contributed by atoms with Crippen molar-refractivity contribution in [2.24, 2.45) is 4.99 Å². The topological polar surface area (TPSA) is 51.3 Å². The van der Waals surface area contributed by atoms with Crippen LogP contribution in [0.3, 0.4) is 0 Å². The molecule has 1 aromatic rings. The van der Waals surface area contributed by atoms with Crippen molar-refractivity contribution in [3.05, 3.63) is 23.5 Å². The summed E-state index contributed by atoms with van der Waals surface area (Å²) < 4.78 is 0. The summed E-state index contributed by atoms with van der Waals surface area (Å²) in [5.41, 5.74) is 8.34. The first-order valence-electron chi connectivity index (χ1n) is 3.38. The number of pyridine rings is 1. The zero-order chi connectivity index (χ0) is 8.27.